The molecule has 24 heavy (non-hydrogen) atoms. The molecule has 142 valence electrons. The van der Waals surface area contributed by atoms with Crippen LogP contribution in [0.2, 0.25) is 0 Å². The average molecular weight is 399 g/mol. The molecule has 2 heterocycles. The van der Waals surface area contributed by atoms with Gasteiger partial charge in [0.1, 0.15) is 4.21 Å². The Morgan fingerprint density at radius 3 is 2.21 bits per heavy atom. The number of nitrogens with one attached hydrogen (secondary N) is 1. The van der Waals surface area contributed by atoms with Gasteiger partial charge in [-0.1, -0.05) is 34.6 Å². The molecule has 1 aromatic heterocycles. The second-order valence-corrected chi connectivity index (χ2v) is 9.57. The van der Waals surface area contributed by atoms with Gasteiger partial charge in [-0.25, -0.2) is 13.1 Å². The number of hydrogen-bond acceptors (Lipinski definition) is 5. The lowest BCUT2D eigenvalue weighted by Gasteiger charge is -2.16. The summed E-state index contributed by atoms with van der Waals surface area (Å²) in [5.74, 6) is -0.333. The van der Waals surface area contributed by atoms with Crippen molar-refractivity contribution in [3.05, 3.63) is 11.6 Å². The van der Waals surface area contributed by atoms with Crippen LogP contribution in [0.1, 0.15) is 53.5 Å². The molecule has 1 amide bonds. The Kier molecular flexibility index (Phi) is 13.3. The molecule has 0 bridgehead atoms. The molecule has 0 aliphatic carbocycles. The van der Waals surface area contributed by atoms with Crippen LogP contribution < -0.4 is 10.5 Å². The van der Waals surface area contributed by atoms with E-state index in [1.165, 1.54) is 14.0 Å². The minimum atomic E-state index is -3.40. The summed E-state index contributed by atoms with van der Waals surface area (Å²) < 4.78 is 38.4. The van der Waals surface area contributed by atoms with Crippen molar-refractivity contribution in [1.82, 2.24) is 4.72 Å². The van der Waals surface area contributed by atoms with E-state index in [1.807, 2.05) is 34.6 Å². The largest absolute Gasteiger partial charge is 0.370 e. The van der Waals surface area contributed by atoms with E-state index < -0.39 is 20.8 Å². The summed E-state index contributed by atoms with van der Waals surface area (Å²) in [5.41, 5.74) is 5.40. The third kappa shape index (κ3) is 7.87. The summed E-state index contributed by atoms with van der Waals surface area (Å²) in [7, 11) is -3.07. The zero-order chi connectivity index (χ0) is 19.5. The molecular weight excluding hydrogens is 368 g/mol. The van der Waals surface area contributed by atoms with E-state index in [9.17, 15) is 17.4 Å². The van der Waals surface area contributed by atoms with Gasteiger partial charge in [0.15, 0.2) is 0 Å². The Morgan fingerprint density at radius 1 is 1.33 bits per heavy atom. The third-order valence-electron chi connectivity index (χ3n) is 2.65. The van der Waals surface area contributed by atoms with Crippen molar-refractivity contribution in [3.63, 3.8) is 0 Å². The van der Waals surface area contributed by atoms with Gasteiger partial charge in [-0.05, 0) is 31.5 Å². The first-order valence-corrected chi connectivity index (χ1v) is 11.4. The molecule has 1 aromatic rings. The quantitative estimate of drug-likeness (QED) is 0.798. The van der Waals surface area contributed by atoms with Gasteiger partial charge in [-0.3, -0.25) is 9.00 Å². The molecule has 0 fully saturated rings. The number of thiophene rings is 1. The number of fused-ring (bicyclic) bond motifs is 1. The molecule has 0 radical (unpaired) electrons. The van der Waals surface area contributed by atoms with Gasteiger partial charge >= 0.3 is 0 Å². The summed E-state index contributed by atoms with van der Waals surface area (Å²) in [6.07, 6.45) is 1.67. The van der Waals surface area contributed by atoms with Crippen molar-refractivity contribution in [3.8, 4) is 0 Å². The smallest absolute Gasteiger partial charge is 0.249 e. The lowest BCUT2D eigenvalue weighted by Crippen LogP contribution is -2.17. The number of aryl methyl sites for hydroxylation is 1. The van der Waals surface area contributed by atoms with E-state index in [2.05, 4.69) is 10.5 Å². The summed E-state index contributed by atoms with van der Waals surface area (Å²) in [6.45, 7) is 11.2. The van der Waals surface area contributed by atoms with Crippen LogP contribution in [0, 0.1) is 0 Å². The van der Waals surface area contributed by atoms with Crippen LogP contribution in [0.4, 0.5) is 0 Å². The predicted molar refractivity (Wildman–Crippen MR) is 102 cm³/mol. The molecular formula is C15H30N2O4S3. The maximum atomic E-state index is 12.0. The fraction of sp³-hybridized carbons (Fsp3) is 0.667. The topological polar surface area (TPSA) is 106 Å². The van der Waals surface area contributed by atoms with Crippen LogP contribution >= 0.6 is 11.3 Å². The number of carbonyl (C=O) groups excluding carboxylic acids is 1. The lowest BCUT2D eigenvalue weighted by molar-refractivity contribution is -0.115. The second-order valence-electron chi connectivity index (χ2n) is 4.34. The molecule has 1 aliphatic rings. The Hall–Kier alpha value is -0.770. The van der Waals surface area contributed by atoms with Crippen molar-refractivity contribution in [2.24, 2.45) is 5.73 Å². The first-order chi connectivity index (χ1) is 11.2. The summed E-state index contributed by atoms with van der Waals surface area (Å²) in [4.78, 5) is 9.22. The molecule has 3 N–H and O–H groups in total. The summed E-state index contributed by atoms with van der Waals surface area (Å²) in [6, 6.07) is 1.65. The Morgan fingerprint density at radius 2 is 1.79 bits per heavy atom. The van der Waals surface area contributed by atoms with E-state index in [0.29, 0.717) is 0 Å². The van der Waals surface area contributed by atoms with E-state index in [0.717, 1.165) is 34.0 Å². The first-order valence-electron chi connectivity index (χ1n) is 7.92. The number of sulfonamides is 1. The average Bonchev–Trinajstić information content (AvgIpc) is 3.00. The highest BCUT2D eigenvalue weighted by atomic mass is 32.3. The van der Waals surface area contributed by atoms with E-state index >= 15 is 0 Å². The Balaban J connectivity index is 0. The second kappa shape index (κ2) is 12.6. The molecule has 9 heteroatoms. The van der Waals surface area contributed by atoms with Gasteiger partial charge < -0.3 is 5.73 Å². The van der Waals surface area contributed by atoms with Crippen LogP contribution in [0.3, 0.4) is 0 Å². The molecule has 2 rings (SSSR count). The van der Waals surface area contributed by atoms with Gasteiger partial charge in [-0.15, -0.1) is 11.3 Å². The van der Waals surface area contributed by atoms with Gasteiger partial charge in [0.05, 0.1) is 15.0 Å². The van der Waals surface area contributed by atoms with Gasteiger partial charge in [0, 0.05) is 12.2 Å². The summed E-state index contributed by atoms with van der Waals surface area (Å²) >= 11 is 1.13. The third-order valence-corrected chi connectivity index (χ3v) is 7.85. The van der Waals surface area contributed by atoms with Crippen LogP contribution in [-0.2, 0) is 32.0 Å². The van der Waals surface area contributed by atoms with E-state index in [-0.39, 0.29) is 15.4 Å². The highest BCUT2D eigenvalue weighted by molar-refractivity contribution is 7.93. The molecule has 0 spiro atoms. The number of carbonyl (C=O) groups is 1. The van der Waals surface area contributed by atoms with E-state index in [4.69, 9.17) is 0 Å². The van der Waals surface area contributed by atoms with Crippen molar-refractivity contribution < 1.29 is 17.4 Å². The summed E-state index contributed by atoms with van der Waals surface area (Å²) in [5, 5.41) is 0.122. The molecule has 1 aliphatic heterocycles. The van der Waals surface area contributed by atoms with Gasteiger partial charge in [-0.2, -0.15) is 0 Å². The fourth-order valence-electron chi connectivity index (χ4n) is 1.61. The normalized spacial score (nSPS) is 18.5. The number of hydrogen-bond donors (Lipinski definition) is 2. The fourth-order valence-corrected chi connectivity index (χ4v) is 6.09. The molecule has 2 unspecified atom stereocenters. The number of nitrogens with two attached hydrogens (primary N) is 1. The Bertz CT molecular complexity index is 621. The van der Waals surface area contributed by atoms with Crippen LogP contribution in [0.5, 0.6) is 0 Å². The molecule has 0 aromatic carbocycles. The lowest BCUT2D eigenvalue weighted by atomic mass is 10.1. The number of amides is 1. The van der Waals surface area contributed by atoms with Crippen molar-refractivity contribution in [1.29, 1.82) is 0 Å². The minimum Gasteiger partial charge on any atom is -0.370 e. The predicted octanol–water partition coefficient (Wildman–Crippen LogP) is 2.64. The molecule has 0 saturated carbocycles. The molecule has 2 atom stereocenters. The zero-order valence-corrected chi connectivity index (χ0v) is 18.0. The highest BCUT2D eigenvalue weighted by Gasteiger charge is 2.28. The van der Waals surface area contributed by atoms with Gasteiger partial charge in [0.2, 0.25) is 15.9 Å². The SMILES string of the molecule is CC.CC.CC(N)=O.CNS(=O)(=O)c1cc2c(s1)S(=O)C(C)CC2. The number of rotatable bonds is 2. The number of primary amides is 1. The Labute approximate surface area is 152 Å². The monoisotopic (exact) mass is 398 g/mol. The standard InChI is InChI=1S/C9H13NO3S3.C2H5NO.2C2H6/c1-6-3-4-7-5-8(16(12,13)10-2)14-9(7)15(6)11;1-2(3)4;2*1-2/h5-6,10H,3-4H2,1-2H3;1H3,(H2,3,4);2*1-2H3. The molecule has 0 saturated heterocycles. The van der Waals surface area contributed by atoms with Crippen molar-refractivity contribution >= 4 is 38.1 Å². The minimum absolute atomic E-state index is 0.122. The van der Waals surface area contributed by atoms with Crippen molar-refractivity contribution in [2.75, 3.05) is 7.05 Å². The van der Waals surface area contributed by atoms with Gasteiger partial charge in [0.25, 0.3) is 0 Å². The van der Waals surface area contributed by atoms with Crippen LogP contribution in [-0.4, -0.2) is 30.8 Å². The van der Waals surface area contributed by atoms with Crippen LogP contribution in [0.15, 0.2) is 14.5 Å². The first kappa shape index (κ1) is 25.5. The maximum Gasteiger partial charge on any atom is 0.249 e. The highest BCUT2D eigenvalue weighted by Crippen LogP contribution is 2.35. The van der Waals surface area contributed by atoms with Crippen molar-refractivity contribution in [2.45, 2.75) is 68.1 Å². The van der Waals surface area contributed by atoms with Crippen LogP contribution in [0.25, 0.3) is 0 Å². The maximum absolute atomic E-state index is 12.0. The zero-order valence-electron chi connectivity index (χ0n) is 15.5. The molecule has 6 nitrogen and oxygen atoms in total. The van der Waals surface area contributed by atoms with E-state index in [1.54, 1.807) is 6.07 Å².